The number of nitrogens with two attached hydrogens (primary N) is 1. The van der Waals surface area contributed by atoms with E-state index in [0.29, 0.717) is 17.2 Å². The zero-order valence-corrected chi connectivity index (χ0v) is 14.3. The first-order valence-corrected chi connectivity index (χ1v) is 7.44. The van der Waals surface area contributed by atoms with E-state index in [9.17, 15) is 4.39 Å². The van der Waals surface area contributed by atoms with Crippen molar-refractivity contribution in [1.29, 1.82) is 0 Å². The van der Waals surface area contributed by atoms with Gasteiger partial charge >= 0.3 is 0 Å². The number of aromatic nitrogens is 2. The first-order valence-electron chi connectivity index (χ1n) is 5.99. The summed E-state index contributed by atoms with van der Waals surface area (Å²) in [6.07, 6.45) is 0. The molecule has 2 rings (SSSR count). The molecule has 2 N–H and O–H groups in total. The summed E-state index contributed by atoms with van der Waals surface area (Å²) in [5.74, 6) is 0.423. The molecule has 0 saturated heterocycles. The molecule has 1 heterocycles. The van der Waals surface area contributed by atoms with Crippen molar-refractivity contribution in [2.75, 3.05) is 5.73 Å². The highest BCUT2D eigenvalue weighted by Gasteiger charge is 2.23. The van der Waals surface area contributed by atoms with E-state index in [1.54, 1.807) is 6.07 Å². The van der Waals surface area contributed by atoms with Crippen molar-refractivity contribution in [2.45, 2.75) is 26.2 Å². The lowest BCUT2D eigenvalue weighted by atomic mass is 9.92. The van der Waals surface area contributed by atoms with Crippen LogP contribution in [0.3, 0.4) is 0 Å². The normalized spacial score (nSPS) is 11.7. The Kier molecular flexibility index (Phi) is 4.20. The molecule has 0 saturated carbocycles. The van der Waals surface area contributed by atoms with Gasteiger partial charge in [-0.1, -0.05) is 32.4 Å². The van der Waals surface area contributed by atoms with Gasteiger partial charge < -0.3 is 5.73 Å². The molecule has 20 heavy (non-hydrogen) atoms. The molecule has 0 atom stereocenters. The summed E-state index contributed by atoms with van der Waals surface area (Å²) in [5, 5.41) is 0.269. The summed E-state index contributed by atoms with van der Waals surface area (Å²) >= 11 is 8.20. The predicted molar refractivity (Wildman–Crippen MR) is 88.3 cm³/mol. The largest absolute Gasteiger partial charge is 0.383 e. The summed E-state index contributed by atoms with van der Waals surface area (Å²) in [6.45, 7) is 6.15. The van der Waals surface area contributed by atoms with Crippen LogP contribution in [0.15, 0.2) is 18.2 Å². The topological polar surface area (TPSA) is 51.8 Å². The smallest absolute Gasteiger partial charge is 0.163 e. The SMILES string of the molecule is CC(C)(C)c1nc(-c2ccc(F)cc2Cl)nc(N)c1I. The minimum absolute atomic E-state index is 0.172. The van der Waals surface area contributed by atoms with Crippen LogP contribution >= 0.6 is 34.2 Å². The van der Waals surface area contributed by atoms with Crippen molar-refractivity contribution in [3.05, 3.63) is 38.3 Å². The van der Waals surface area contributed by atoms with E-state index >= 15 is 0 Å². The van der Waals surface area contributed by atoms with Gasteiger partial charge in [-0.05, 0) is 40.8 Å². The van der Waals surface area contributed by atoms with E-state index in [4.69, 9.17) is 17.3 Å². The fourth-order valence-electron chi connectivity index (χ4n) is 1.75. The summed E-state index contributed by atoms with van der Waals surface area (Å²) in [5.41, 5.74) is 7.21. The molecule has 0 radical (unpaired) electrons. The van der Waals surface area contributed by atoms with Gasteiger partial charge in [0.1, 0.15) is 11.6 Å². The number of nitrogens with zero attached hydrogens (tertiary/aromatic N) is 2. The molecular formula is C14H14ClFIN3. The van der Waals surface area contributed by atoms with Crippen LogP contribution in [0.2, 0.25) is 5.02 Å². The van der Waals surface area contributed by atoms with Gasteiger partial charge in [0.05, 0.1) is 14.3 Å². The number of halogens is 3. The molecule has 0 aliphatic rings. The Balaban J connectivity index is 2.67. The highest BCUT2D eigenvalue weighted by atomic mass is 127. The molecule has 0 unspecified atom stereocenters. The molecule has 0 aliphatic heterocycles. The Morgan fingerprint density at radius 2 is 1.90 bits per heavy atom. The van der Waals surface area contributed by atoms with Crippen molar-refractivity contribution in [2.24, 2.45) is 0 Å². The number of anilines is 1. The number of nitrogen functional groups attached to an aromatic ring is 1. The monoisotopic (exact) mass is 405 g/mol. The molecule has 0 spiro atoms. The fourth-order valence-corrected chi connectivity index (χ4v) is 3.05. The number of rotatable bonds is 1. The Hall–Kier alpha value is -0.950. The number of hydrogen-bond acceptors (Lipinski definition) is 3. The predicted octanol–water partition coefficient (Wildman–Crippen LogP) is 4.42. The van der Waals surface area contributed by atoms with E-state index in [1.165, 1.54) is 12.1 Å². The second-order valence-corrected chi connectivity index (χ2v) is 6.96. The minimum atomic E-state index is -0.395. The van der Waals surface area contributed by atoms with Crippen LogP contribution in [-0.2, 0) is 5.41 Å². The van der Waals surface area contributed by atoms with Crippen molar-refractivity contribution in [3.63, 3.8) is 0 Å². The molecule has 1 aromatic heterocycles. The van der Waals surface area contributed by atoms with Crippen LogP contribution in [-0.4, -0.2) is 9.97 Å². The summed E-state index contributed by atoms with van der Waals surface area (Å²) in [6, 6.07) is 4.13. The standard InChI is InChI=1S/C14H14ClFIN3/c1-14(2,3)11-10(17)12(18)20-13(19-11)8-5-4-7(16)6-9(8)15/h4-6H,1-3H3,(H2,18,19,20). The van der Waals surface area contributed by atoms with Crippen molar-refractivity contribution in [1.82, 2.24) is 9.97 Å². The van der Waals surface area contributed by atoms with Gasteiger partial charge in [0.25, 0.3) is 0 Å². The van der Waals surface area contributed by atoms with Gasteiger partial charge in [0.15, 0.2) is 5.82 Å². The third-order valence-corrected chi connectivity index (χ3v) is 4.14. The molecule has 1 aromatic carbocycles. The number of hydrogen-bond donors (Lipinski definition) is 1. The third kappa shape index (κ3) is 3.03. The Morgan fingerprint density at radius 1 is 1.25 bits per heavy atom. The Morgan fingerprint density at radius 3 is 2.45 bits per heavy atom. The molecule has 106 valence electrons. The molecule has 0 amide bonds. The molecule has 0 bridgehead atoms. The maximum Gasteiger partial charge on any atom is 0.163 e. The minimum Gasteiger partial charge on any atom is -0.383 e. The summed E-state index contributed by atoms with van der Waals surface area (Å²) in [7, 11) is 0. The second-order valence-electron chi connectivity index (χ2n) is 5.47. The van der Waals surface area contributed by atoms with E-state index < -0.39 is 5.82 Å². The molecule has 0 aliphatic carbocycles. The molecule has 6 heteroatoms. The quantitative estimate of drug-likeness (QED) is 0.715. The number of benzene rings is 1. The zero-order chi connectivity index (χ0) is 15.1. The van der Waals surface area contributed by atoms with Crippen LogP contribution in [0.5, 0.6) is 0 Å². The Labute approximate surface area is 135 Å². The van der Waals surface area contributed by atoms with Crippen LogP contribution in [0, 0.1) is 9.39 Å². The summed E-state index contributed by atoms with van der Waals surface area (Å²) in [4.78, 5) is 8.82. The van der Waals surface area contributed by atoms with E-state index in [2.05, 4.69) is 32.6 Å². The van der Waals surface area contributed by atoms with Gasteiger partial charge in [-0.25, -0.2) is 14.4 Å². The maximum absolute atomic E-state index is 13.1. The second kappa shape index (κ2) is 5.44. The van der Waals surface area contributed by atoms with Crippen molar-refractivity contribution in [3.8, 4) is 11.4 Å². The highest BCUT2D eigenvalue weighted by molar-refractivity contribution is 14.1. The molecule has 2 aromatic rings. The van der Waals surface area contributed by atoms with E-state index in [0.717, 1.165) is 9.26 Å². The fraction of sp³-hybridized carbons (Fsp3) is 0.286. The first kappa shape index (κ1) is 15.4. The lowest BCUT2D eigenvalue weighted by molar-refractivity contribution is 0.564. The lowest BCUT2D eigenvalue weighted by Crippen LogP contribution is -2.18. The Bertz CT molecular complexity index is 668. The summed E-state index contributed by atoms with van der Waals surface area (Å²) < 4.78 is 14.0. The average Bonchev–Trinajstić information content (AvgIpc) is 2.31. The van der Waals surface area contributed by atoms with E-state index in [-0.39, 0.29) is 10.4 Å². The van der Waals surface area contributed by atoms with Gasteiger partial charge in [-0.2, -0.15) is 0 Å². The van der Waals surface area contributed by atoms with Crippen LogP contribution in [0.4, 0.5) is 10.2 Å². The lowest BCUT2D eigenvalue weighted by Gasteiger charge is -2.21. The van der Waals surface area contributed by atoms with E-state index in [1.807, 2.05) is 20.8 Å². The third-order valence-electron chi connectivity index (χ3n) is 2.76. The highest BCUT2D eigenvalue weighted by Crippen LogP contribution is 2.32. The maximum atomic E-state index is 13.1. The van der Waals surface area contributed by atoms with Crippen molar-refractivity contribution >= 4 is 40.0 Å². The van der Waals surface area contributed by atoms with Crippen molar-refractivity contribution < 1.29 is 4.39 Å². The van der Waals surface area contributed by atoms with Gasteiger partial charge in [0, 0.05) is 11.0 Å². The van der Waals surface area contributed by atoms with Gasteiger partial charge in [-0.3, -0.25) is 0 Å². The molecule has 0 fully saturated rings. The van der Waals surface area contributed by atoms with Gasteiger partial charge in [-0.15, -0.1) is 0 Å². The van der Waals surface area contributed by atoms with Gasteiger partial charge in [0.2, 0.25) is 0 Å². The zero-order valence-electron chi connectivity index (χ0n) is 11.3. The average molecular weight is 406 g/mol. The van der Waals surface area contributed by atoms with Crippen LogP contribution in [0.25, 0.3) is 11.4 Å². The van der Waals surface area contributed by atoms with Crippen LogP contribution in [0.1, 0.15) is 26.5 Å². The molecule has 3 nitrogen and oxygen atoms in total. The molecular weight excluding hydrogens is 392 g/mol. The van der Waals surface area contributed by atoms with Crippen LogP contribution < -0.4 is 5.73 Å². The first-order chi connectivity index (χ1) is 9.20.